The SMILES string of the molecule is CCNC(=NCC1CCN(c2ccccc2)C1)N1CCN(c2cnn(C)c2)C(=O)C1. The lowest BCUT2D eigenvalue weighted by atomic mass is 10.1. The molecule has 0 radical (unpaired) electrons. The molecule has 0 aliphatic carbocycles. The molecular weight excluding hydrogens is 378 g/mol. The van der Waals surface area contributed by atoms with Crippen LogP contribution in [-0.4, -0.2) is 72.4 Å². The molecule has 2 aliphatic heterocycles. The van der Waals surface area contributed by atoms with E-state index < -0.39 is 0 Å². The summed E-state index contributed by atoms with van der Waals surface area (Å²) in [5.41, 5.74) is 2.14. The van der Waals surface area contributed by atoms with Crippen LogP contribution in [0.3, 0.4) is 0 Å². The second-order valence-electron chi connectivity index (χ2n) is 7.97. The Morgan fingerprint density at radius 1 is 1.20 bits per heavy atom. The summed E-state index contributed by atoms with van der Waals surface area (Å²) in [6, 6.07) is 10.6. The van der Waals surface area contributed by atoms with Crippen LogP contribution < -0.4 is 15.1 Å². The number of benzene rings is 1. The van der Waals surface area contributed by atoms with E-state index in [4.69, 9.17) is 4.99 Å². The molecule has 1 aromatic heterocycles. The van der Waals surface area contributed by atoms with Crippen molar-refractivity contribution in [3.63, 3.8) is 0 Å². The minimum absolute atomic E-state index is 0.0796. The van der Waals surface area contributed by atoms with Crippen LogP contribution in [0.15, 0.2) is 47.7 Å². The number of guanidine groups is 1. The predicted octanol–water partition coefficient (Wildman–Crippen LogP) is 1.56. The maximum absolute atomic E-state index is 12.7. The summed E-state index contributed by atoms with van der Waals surface area (Å²) in [5, 5.41) is 7.55. The summed E-state index contributed by atoms with van der Waals surface area (Å²) < 4.78 is 1.72. The van der Waals surface area contributed by atoms with Crippen LogP contribution in [-0.2, 0) is 11.8 Å². The lowest BCUT2D eigenvalue weighted by molar-refractivity contribution is -0.120. The average Bonchev–Trinajstić information content (AvgIpc) is 3.41. The number of piperazine rings is 1. The van der Waals surface area contributed by atoms with Gasteiger partial charge in [-0.15, -0.1) is 0 Å². The number of para-hydroxylation sites is 1. The maximum Gasteiger partial charge on any atom is 0.246 e. The second kappa shape index (κ2) is 9.19. The van der Waals surface area contributed by atoms with Crippen molar-refractivity contribution < 1.29 is 4.79 Å². The highest BCUT2D eigenvalue weighted by atomic mass is 16.2. The van der Waals surface area contributed by atoms with Gasteiger partial charge in [-0.25, -0.2) is 0 Å². The number of rotatable bonds is 5. The monoisotopic (exact) mass is 409 g/mol. The van der Waals surface area contributed by atoms with Crippen molar-refractivity contribution in [3.8, 4) is 0 Å². The van der Waals surface area contributed by atoms with Gasteiger partial charge >= 0.3 is 0 Å². The van der Waals surface area contributed by atoms with E-state index in [0.717, 1.165) is 50.8 Å². The Morgan fingerprint density at radius 3 is 2.73 bits per heavy atom. The fraction of sp³-hybridized carbons (Fsp3) is 0.500. The number of amides is 1. The van der Waals surface area contributed by atoms with Gasteiger partial charge in [0.05, 0.1) is 11.9 Å². The lowest BCUT2D eigenvalue weighted by Crippen LogP contribution is -2.55. The molecule has 30 heavy (non-hydrogen) atoms. The zero-order valence-corrected chi connectivity index (χ0v) is 17.9. The fourth-order valence-corrected chi connectivity index (χ4v) is 4.17. The number of hydrogen-bond acceptors (Lipinski definition) is 4. The third-order valence-corrected chi connectivity index (χ3v) is 5.76. The van der Waals surface area contributed by atoms with E-state index in [0.29, 0.717) is 19.0 Å². The van der Waals surface area contributed by atoms with Crippen LogP contribution in [0.5, 0.6) is 0 Å². The van der Waals surface area contributed by atoms with Gasteiger partial charge in [0.25, 0.3) is 0 Å². The summed E-state index contributed by atoms with van der Waals surface area (Å²) in [6.45, 7) is 7.47. The molecular formula is C22H31N7O. The topological polar surface area (TPSA) is 69.0 Å². The smallest absolute Gasteiger partial charge is 0.246 e. The molecule has 160 valence electrons. The first kappa shape index (κ1) is 20.3. The van der Waals surface area contributed by atoms with Gasteiger partial charge in [0.1, 0.15) is 6.54 Å². The van der Waals surface area contributed by atoms with Crippen LogP contribution in [0.25, 0.3) is 0 Å². The van der Waals surface area contributed by atoms with Gasteiger partial charge < -0.3 is 20.0 Å². The number of hydrogen-bond donors (Lipinski definition) is 1. The molecule has 8 heteroatoms. The lowest BCUT2D eigenvalue weighted by Gasteiger charge is -2.35. The van der Waals surface area contributed by atoms with E-state index in [9.17, 15) is 4.79 Å². The molecule has 1 unspecified atom stereocenters. The van der Waals surface area contributed by atoms with Crippen molar-refractivity contribution in [1.82, 2.24) is 20.0 Å². The standard InChI is InChI=1S/C22H31N7O/c1-3-23-22(24-13-18-9-10-27(15-18)19-7-5-4-6-8-19)28-11-12-29(21(30)17-28)20-14-25-26(2)16-20/h4-8,14,16,18H,3,9-13,15,17H2,1-2H3,(H,23,24). The Hall–Kier alpha value is -3.03. The van der Waals surface area contributed by atoms with Crippen LogP contribution in [0.4, 0.5) is 11.4 Å². The molecule has 1 aromatic carbocycles. The number of anilines is 2. The largest absolute Gasteiger partial charge is 0.371 e. The number of aryl methyl sites for hydroxylation is 1. The third kappa shape index (κ3) is 4.58. The zero-order valence-electron chi connectivity index (χ0n) is 17.9. The molecule has 0 spiro atoms. The van der Waals surface area contributed by atoms with E-state index in [2.05, 4.69) is 57.5 Å². The van der Waals surface area contributed by atoms with Crippen molar-refractivity contribution in [2.24, 2.45) is 18.0 Å². The number of nitrogens with zero attached hydrogens (tertiary/aromatic N) is 6. The number of carbonyl (C=O) groups is 1. The van der Waals surface area contributed by atoms with Crippen molar-refractivity contribution in [2.45, 2.75) is 13.3 Å². The molecule has 8 nitrogen and oxygen atoms in total. The molecule has 4 rings (SSSR count). The summed E-state index contributed by atoms with van der Waals surface area (Å²) in [5.74, 6) is 1.46. The van der Waals surface area contributed by atoms with Gasteiger partial charge in [0.15, 0.2) is 5.96 Å². The third-order valence-electron chi connectivity index (χ3n) is 5.76. The Kier molecular flexibility index (Phi) is 6.21. The highest BCUT2D eigenvalue weighted by Gasteiger charge is 2.28. The Bertz CT molecular complexity index is 879. The van der Waals surface area contributed by atoms with E-state index in [1.807, 2.05) is 18.1 Å². The zero-order chi connectivity index (χ0) is 20.9. The number of aromatic nitrogens is 2. The first-order valence-electron chi connectivity index (χ1n) is 10.8. The van der Waals surface area contributed by atoms with E-state index in [-0.39, 0.29) is 5.91 Å². The molecule has 2 fully saturated rings. The van der Waals surface area contributed by atoms with Crippen molar-refractivity contribution in [2.75, 3.05) is 55.6 Å². The molecule has 0 bridgehead atoms. The molecule has 3 heterocycles. The highest BCUT2D eigenvalue weighted by molar-refractivity contribution is 5.98. The van der Waals surface area contributed by atoms with E-state index in [1.165, 1.54) is 5.69 Å². The molecule has 1 amide bonds. The Labute approximate surface area is 178 Å². The average molecular weight is 410 g/mol. The Morgan fingerprint density at radius 2 is 2.03 bits per heavy atom. The molecule has 1 atom stereocenters. The summed E-state index contributed by atoms with van der Waals surface area (Å²) in [6.07, 6.45) is 4.77. The molecule has 2 aliphatic rings. The molecule has 0 saturated carbocycles. The summed E-state index contributed by atoms with van der Waals surface area (Å²) in [7, 11) is 1.86. The van der Waals surface area contributed by atoms with Crippen molar-refractivity contribution in [1.29, 1.82) is 0 Å². The fourth-order valence-electron chi connectivity index (χ4n) is 4.17. The normalized spacial score (nSPS) is 20.2. The van der Waals surface area contributed by atoms with E-state index >= 15 is 0 Å². The number of carbonyl (C=O) groups excluding carboxylic acids is 1. The number of aliphatic imine (C=N–C) groups is 1. The first-order valence-corrected chi connectivity index (χ1v) is 10.8. The van der Waals surface area contributed by atoms with Gasteiger partial charge in [-0.3, -0.25) is 14.5 Å². The van der Waals surface area contributed by atoms with Gasteiger partial charge in [0, 0.05) is 58.2 Å². The van der Waals surface area contributed by atoms with Crippen molar-refractivity contribution in [3.05, 3.63) is 42.7 Å². The highest BCUT2D eigenvalue weighted by Crippen LogP contribution is 2.23. The van der Waals surface area contributed by atoms with Gasteiger partial charge in [-0.1, -0.05) is 18.2 Å². The van der Waals surface area contributed by atoms with Crippen LogP contribution in [0, 0.1) is 5.92 Å². The number of nitrogens with one attached hydrogen (secondary N) is 1. The first-order chi connectivity index (χ1) is 14.6. The van der Waals surface area contributed by atoms with E-state index in [1.54, 1.807) is 10.9 Å². The maximum atomic E-state index is 12.7. The minimum Gasteiger partial charge on any atom is -0.371 e. The van der Waals surface area contributed by atoms with Gasteiger partial charge in [-0.05, 0) is 31.4 Å². The molecule has 2 saturated heterocycles. The van der Waals surface area contributed by atoms with Gasteiger partial charge in [-0.2, -0.15) is 5.10 Å². The van der Waals surface area contributed by atoms with Crippen LogP contribution >= 0.6 is 0 Å². The van der Waals surface area contributed by atoms with Crippen molar-refractivity contribution >= 4 is 23.2 Å². The second-order valence-corrected chi connectivity index (χ2v) is 7.97. The van der Waals surface area contributed by atoms with Crippen LogP contribution in [0.2, 0.25) is 0 Å². The Balaban J connectivity index is 1.36. The van der Waals surface area contributed by atoms with Gasteiger partial charge in [0.2, 0.25) is 5.91 Å². The summed E-state index contributed by atoms with van der Waals surface area (Å²) >= 11 is 0. The minimum atomic E-state index is 0.0796. The molecule has 1 N–H and O–H groups in total. The summed E-state index contributed by atoms with van der Waals surface area (Å²) in [4.78, 5) is 24.0. The van der Waals surface area contributed by atoms with Crippen LogP contribution in [0.1, 0.15) is 13.3 Å². The predicted molar refractivity (Wildman–Crippen MR) is 120 cm³/mol. The molecule has 2 aromatic rings. The quantitative estimate of drug-likeness (QED) is 0.600.